The molecule has 0 aliphatic carbocycles. The van der Waals surface area contributed by atoms with Crippen molar-refractivity contribution in [1.82, 2.24) is 0 Å². The number of benzene rings is 7. The van der Waals surface area contributed by atoms with E-state index in [2.05, 4.69) is 0 Å². The van der Waals surface area contributed by atoms with Gasteiger partial charge in [0.15, 0.2) is 0 Å². The van der Waals surface area contributed by atoms with Crippen LogP contribution in [-0.2, 0) is 54.8 Å². The average Bonchev–Trinajstić information content (AvgIpc) is 3.35. The van der Waals surface area contributed by atoms with Gasteiger partial charge in [-0.2, -0.15) is 0 Å². The first-order valence-corrected chi connectivity index (χ1v) is 21.9. The lowest BCUT2D eigenvalue weighted by molar-refractivity contribution is -0.251. The SMILES string of the molecule is O=C(OCc1ccc(-c2ccccc2)cc1)c1ccccc1C(=O)OC[C@H]1OC(Sc2ccccc2)[C@H](OCc2ccccc2)[C@@H](OCc2ccccc2)[C@@H]1OCc1ccccc1. The Morgan fingerprint density at radius 1 is 0.413 bits per heavy atom. The van der Waals surface area contributed by atoms with Crippen molar-refractivity contribution in [3.63, 3.8) is 0 Å². The number of carbonyl (C=O) groups excluding carboxylic acids is 2. The van der Waals surface area contributed by atoms with Crippen molar-refractivity contribution in [2.24, 2.45) is 0 Å². The molecule has 7 aromatic rings. The van der Waals surface area contributed by atoms with E-state index in [1.807, 2.05) is 176 Å². The number of rotatable bonds is 18. The molecule has 0 amide bonds. The van der Waals surface area contributed by atoms with Gasteiger partial charge in [0, 0.05) is 4.90 Å². The molecule has 9 heteroatoms. The molecule has 0 bridgehead atoms. The van der Waals surface area contributed by atoms with Gasteiger partial charge in [-0.15, -0.1) is 0 Å². The molecule has 0 radical (unpaired) electrons. The van der Waals surface area contributed by atoms with Crippen molar-refractivity contribution in [1.29, 1.82) is 0 Å². The zero-order chi connectivity index (χ0) is 43.1. The van der Waals surface area contributed by atoms with Crippen LogP contribution in [0.15, 0.2) is 205 Å². The summed E-state index contributed by atoms with van der Waals surface area (Å²) < 4.78 is 39.1. The summed E-state index contributed by atoms with van der Waals surface area (Å²) in [5, 5.41) is 0. The Hall–Kier alpha value is -6.33. The van der Waals surface area contributed by atoms with Gasteiger partial charge in [0.2, 0.25) is 0 Å². The molecule has 1 unspecified atom stereocenters. The highest BCUT2D eigenvalue weighted by Gasteiger charge is 2.49. The Kier molecular flexibility index (Phi) is 15.2. The molecule has 1 aliphatic rings. The third-order valence-corrected chi connectivity index (χ3v) is 11.8. The summed E-state index contributed by atoms with van der Waals surface area (Å²) in [4.78, 5) is 28.6. The molecule has 0 spiro atoms. The van der Waals surface area contributed by atoms with E-state index in [1.54, 1.807) is 24.3 Å². The van der Waals surface area contributed by atoms with Gasteiger partial charge in [0.05, 0.1) is 30.9 Å². The van der Waals surface area contributed by atoms with Crippen LogP contribution >= 0.6 is 11.8 Å². The van der Waals surface area contributed by atoms with Crippen molar-refractivity contribution < 1.29 is 38.0 Å². The Labute approximate surface area is 372 Å². The van der Waals surface area contributed by atoms with Gasteiger partial charge in [-0.3, -0.25) is 0 Å². The number of hydrogen-bond acceptors (Lipinski definition) is 9. The molecule has 0 aromatic heterocycles. The zero-order valence-electron chi connectivity index (χ0n) is 34.6. The van der Waals surface area contributed by atoms with Crippen molar-refractivity contribution in [3.05, 3.63) is 234 Å². The maximum Gasteiger partial charge on any atom is 0.339 e. The molecule has 0 N–H and O–H groups in total. The highest BCUT2D eigenvalue weighted by atomic mass is 32.2. The van der Waals surface area contributed by atoms with Crippen LogP contribution in [0.25, 0.3) is 11.1 Å². The van der Waals surface area contributed by atoms with Crippen LogP contribution in [0.1, 0.15) is 43.0 Å². The average molecular weight is 857 g/mol. The van der Waals surface area contributed by atoms with Crippen molar-refractivity contribution in [3.8, 4) is 11.1 Å². The number of hydrogen-bond donors (Lipinski definition) is 0. The summed E-state index contributed by atoms with van der Waals surface area (Å²) in [6.45, 7) is 0.673. The lowest BCUT2D eigenvalue weighted by Gasteiger charge is -2.45. The monoisotopic (exact) mass is 856 g/mol. The maximum absolute atomic E-state index is 14.0. The van der Waals surface area contributed by atoms with Crippen molar-refractivity contribution in [2.75, 3.05) is 6.61 Å². The molecule has 1 aliphatic heterocycles. The first kappa shape index (κ1) is 43.3. The summed E-state index contributed by atoms with van der Waals surface area (Å²) in [5.41, 5.74) is 5.49. The van der Waals surface area contributed by atoms with E-state index >= 15 is 0 Å². The highest BCUT2D eigenvalue weighted by Crippen LogP contribution is 2.38. The van der Waals surface area contributed by atoms with E-state index in [1.165, 1.54) is 11.8 Å². The smallest absolute Gasteiger partial charge is 0.339 e. The number of esters is 2. The fourth-order valence-electron chi connectivity index (χ4n) is 7.33. The molecule has 318 valence electrons. The third-order valence-electron chi connectivity index (χ3n) is 10.6. The Morgan fingerprint density at radius 3 is 1.37 bits per heavy atom. The minimum atomic E-state index is -0.797. The number of thioether (sulfide) groups is 1. The molecular weight excluding hydrogens is 809 g/mol. The molecule has 1 fully saturated rings. The molecule has 7 aromatic carbocycles. The summed E-state index contributed by atoms with van der Waals surface area (Å²) in [7, 11) is 0. The summed E-state index contributed by atoms with van der Waals surface area (Å²) >= 11 is 1.51. The van der Waals surface area contributed by atoms with Crippen molar-refractivity contribution in [2.45, 2.75) is 61.2 Å². The standard InChI is InChI=1S/C54H48O8S/c55-52(60-37-42-30-32-44(33-31-42)43-24-12-4-13-25-43)46-28-16-17-29-47(46)53(56)61-38-48-49(57-34-39-18-6-1-7-19-39)50(58-35-40-20-8-2-9-21-40)51(59-36-41-22-10-3-11-23-41)54(62-48)63-45-26-14-5-15-27-45/h1-33,48-51,54H,34-38H2/t48-,49-,50+,51-,54?/m1/s1. The topological polar surface area (TPSA) is 89.5 Å². The Morgan fingerprint density at radius 2 is 0.825 bits per heavy atom. The molecule has 1 saturated heterocycles. The van der Waals surface area contributed by atoms with Gasteiger partial charge in [-0.1, -0.05) is 188 Å². The van der Waals surface area contributed by atoms with E-state index < -0.39 is 41.8 Å². The minimum absolute atomic E-state index is 0.0337. The molecule has 0 saturated carbocycles. The predicted octanol–water partition coefficient (Wildman–Crippen LogP) is 11.1. The van der Waals surface area contributed by atoms with Crippen molar-refractivity contribution >= 4 is 23.7 Å². The molecule has 8 nitrogen and oxygen atoms in total. The van der Waals surface area contributed by atoms with E-state index in [-0.39, 0.29) is 37.6 Å². The van der Waals surface area contributed by atoms with Crippen LogP contribution in [-0.4, -0.2) is 48.4 Å². The van der Waals surface area contributed by atoms with E-state index in [0.29, 0.717) is 6.61 Å². The van der Waals surface area contributed by atoms with Gasteiger partial charge in [-0.25, -0.2) is 9.59 Å². The van der Waals surface area contributed by atoms with Crippen LogP contribution in [0.2, 0.25) is 0 Å². The van der Waals surface area contributed by atoms with Gasteiger partial charge in [0.25, 0.3) is 0 Å². The third kappa shape index (κ3) is 12.0. The van der Waals surface area contributed by atoms with E-state index in [0.717, 1.165) is 38.3 Å². The van der Waals surface area contributed by atoms with Gasteiger partial charge < -0.3 is 28.4 Å². The first-order valence-electron chi connectivity index (χ1n) is 21.0. The lowest BCUT2D eigenvalue weighted by atomic mass is 9.98. The van der Waals surface area contributed by atoms with E-state index in [4.69, 9.17) is 28.4 Å². The first-order chi connectivity index (χ1) is 31.1. The molecule has 5 atom stereocenters. The van der Waals surface area contributed by atoms with Gasteiger partial charge in [-0.05, 0) is 57.6 Å². The molecular formula is C54H48O8S. The van der Waals surface area contributed by atoms with Crippen LogP contribution in [0, 0.1) is 0 Å². The molecule has 1 heterocycles. The summed E-state index contributed by atoms with van der Waals surface area (Å²) in [6, 6.07) is 64.1. The Balaban J connectivity index is 1.04. The quantitative estimate of drug-likeness (QED) is 0.0783. The normalized spacial score (nSPS) is 18.3. The summed E-state index contributed by atoms with van der Waals surface area (Å²) in [6.07, 6.45) is -2.82. The molecule has 8 rings (SSSR count). The van der Waals surface area contributed by atoms with Crippen LogP contribution in [0.5, 0.6) is 0 Å². The second kappa shape index (κ2) is 22.2. The lowest BCUT2D eigenvalue weighted by Crippen LogP contribution is -2.60. The van der Waals surface area contributed by atoms with Crippen LogP contribution in [0.3, 0.4) is 0 Å². The second-order valence-electron chi connectivity index (χ2n) is 15.0. The highest BCUT2D eigenvalue weighted by molar-refractivity contribution is 7.99. The zero-order valence-corrected chi connectivity index (χ0v) is 35.5. The van der Waals surface area contributed by atoms with Crippen LogP contribution < -0.4 is 0 Å². The fourth-order valence-corrected chi connectivity index (χ4v) is 8.48. The minimum Gasteiger partial charge on any atom is -0.459 e. The van der Waals surface area contributed by atoms with Crippen LogP contribution in [0.4, 0.5) is 0 Å². The fraction of sp³-hybridized carbons (Fsp3) is 0.185. The predicted molar refractivity (Wildman–Crippen MR) is 244 cm³/mol. The number of ether oxygens (including phenoxy) is 6. The Bertz CT molecular complexity index is 2470. The molecule has 63 heavy (non-hydrogen) atoms. The maximum atomic E-state index is 14.0. The summed E-state index contributed by atoms with van der Waals surface area (Å²) in [5.74, 6) is -1.34. The van der Waals surface area contributed by atoms with Gasteiger partial charge >= 0.3 is 11.9 Å². The van der Waals surface area contributed by atoms with Gasteiger partial charge in [0.1, 0.15) is 43.1 Å². The second-order valence-corrected chi connectivity index (χ2v) is 16.2. The van der Waals surface area contributed by atoms with E-state index in [9.17, 15) is 9.59 Å². The number of carbonyl (C=O) groups is 2. The largest absolute Gasteiger partial charge is 0.459 e.